The van der Waals surface area contributed by atoms with E-state index in [0.29, 0.717) is 11.1 Å². The first-order chi connectivity index (χ1) is 13.3. The van der Waals surface area contributed by atoms with Crippen molar-refractivity contribution in [2.45, 2.75) is 26.8 Å². The summed E-state index contributed by atoms with van der Waals surface area (Å²) in [5.41, 5.74) is 4.05. The minimum Gasteiger partial charge on any atom is -0.464 e. The molecule has 0 N–H and O–H groups in total. The summed E-state index contributed by atoms with van der Waals surface area (Å²) >= 11 is 0. The number of furan rings is 1. The molecule has 1 amide bonds. The van der Waals surface area contributed by atoms with Gasteiger partial charge in [0.1, 0.15) is 11.4 Å². The van der Waals surface area contributed by atoms with E-state index in [2.05, 4.69) is 0 Å². The summed E-state index contributed by atoms with van der Waals surface area (Å²) in [5.74, 6) is -1.30. The molecular weight excluding hydrogens is 361 g/mol. The number of carbonyl (C=O) groups is 2. The number of hydrogen-bond donors (Lipinski definition) is 0. The predicted octanol–water partition coefficient (Wildman–Crippen LogP) is 3.93. The molecule has 28 heavy (non-hydrogen) atoms. The first-order valence-corrected chi connectivity index (χ1v) is 8.95. The first kappa shape index (κ1) is 19.6. The fraction of sp³-hybridized carbons (Fsp3) is 0.273. The molecule has 146 valence electrons. The Bertz CT molecular complexity index is 1020. The summed E-state index contributed by atoms with van der Waals surface area (Å²) in [6.07, 6.45) is 1.55. The molecule has 2 aromatic carbocycles. The van der Waals surface area contributed by atoms with Gasteiger partial charge in [0.25, 0.3) is 5.91 Å². The molecule has 5 nitrogen and oxygen atoms in total. The Balaban J connectivity index is 1.56. The molecule has 0 aliphatic carbocycles. The Morgan fingerprint density at radius 3 is 2.57 bits per heavy atom. The van der Waals surface area contributed by atoms with Gasteiger partial charge >= 0.3 is 5.97 Å². The number of carbonyl (C=O) groups excluding carboxylic acids is 2. The smallest absolute Gasteiger partial charge is 0.310 e. The number of amides is 1. The van der Waals surface area contributed by atoms with E-state index in [4.69, 9.17) is 9.15 Å². The van der Waals surface area contributed by atoms with Crippen molar-refractivity contribution < 1.29 is 23.1 Å². The first-order valence-electron chi connectivity index (χ1n) is 8.95. The van der Waals surface area contributed by atoms with Gasteiger partial charge in [-0.1, -0.05) is 18.2 Å². The van der Waals surface area contributed by atoms with E-state index < -0.39 is 18.5 Å². The Kier molecular flexibility index (Phi) is 5.78. The average molecular weight is 383 g/mol. The number of likely N-dealkylation sites (N-methyl/N-ethyl adjacent to an activating group) is 1. The van der Waals surface area contributed by atoms with Crippen LogP contribution in [0.5, 0.6) is 0 Å². The van der Waals surface area contributed by atoms with Gasteiger partial charge in [-0.25, -0.2) is 4.39 Å². The molecule has 0 fully saturated rings. The summed E-state index contributed by atoms with van der Waals surface area (Å²) in [5, 5.41) is 0.864. The van der Waals surface area contributed by atoms with Crippen LogP contribution in [0.1, 0.15) is 22.3 Å². The molecule has 0 aliphatic heterocycles. The molecule has 0 bridgehead atoms. The summed E-state index contributed by atoms with van der Waals surface area (Å²) in [6.45, 7) is 3.70. The highest BCUT2D eigenvalue weighted by Crippen LogP contribution is 2.25. The van der Waals surface area contributed by atoms with Gasteiger partial charge in [-0.15, -0.1) is 0 Å². The summed E-state index contributed by atoms with van der Waals surface area (Å²) in [7, 11) is 1.54. The topological polar surface area (TPSA) is 59.8 Å². The monoisotopic (exact) mass is 383 g/mol. The van der Waals surface area contributed by atoms with E-state index in [1.54, 1.807) is 18.2 Å². The number of hydrogen-bond acceptors (Lipinski definition) is 4. The molecule has 0 saturated heterocycles. The third-order valence-electron chi connectivity index (χ3n) is 4.75. The van der Waals surface area contributed by atoms with Gasteiger partial charge in [0, 0.05) is 30.1 Å². The third-order valence-corrected chi connectivity index (χ3v) is 4.75. The molecule has 3 rings (SSSR count). The molecule has 1 aromatic heterocycles. The standard InChI is InChI=1S/C22H22FNO4/c1-14-8-18-17(12-27-20(18)9-15(14)2)10-22(26)28-13-21(25)24(3)11-16-6-4-5-7-19(16)23/h4-9,12H,10-11,13H2,1-3H3. The third kappa shape index (κ3) is 4.39. The van der Waals surface area contributed by atoms with Crippen molar-refractivity contribution in [1.82, 2.24) is 4.90 Å². The van der Waals surface area contributed by atoms with E-state index in [9.17, 15) is 14.0 Å². The molecule has 0 radical (unpaired) electrons. The summed E-state index contributed by atoms with van der Waals surface area (Å²) < 4.78 is 24.3. The fourth-order valence-electron chi connectivity index (χ4n) is 2.90. The lowest BCUT2D eigenvalue weighted by Crippen LogP contribution is -2.31. The van der Waals surface area contributed by atoms with Crippen molar-refractivity contribution in [3.8, 4) is 0 Å². The number of nitrogens with zero attached hydrogens (tertiary/aromatic N) is 1. The second-order valence-corrected chi connectivity index (χ2v) is 6.87. The summed E-state index contributed by atoms with van der Waals surface area (Å²) in [6, 6.07) is 10.1. The average Bonchev–Trinajstić information content (AvgIpc) is 3.03. The SMILES string of the molecule is Cc1cc2occ(CC(=O)OCC(=O)N(C)Cc3ccccc3F)c2cc1C. The van der Waals surface area contributed by atoms with E-state index in [0.717, 1.165) is 22.1 Å². The zero-order valence-electron chi connectivity index (χ0n) is 16.1. The van der Waals surface area contributed by atoms with Gasteiger partial charge in [-0.2, -0.15) is 0 Å². The van der Waals surface area contributed by atoms with Crippen LogP contribution in [0.4, 0.5) is 4.39 Å². The van der Waals surface area contributed by atoms with Gasteiger partial charge in [0.05, 0.1) is 12.7 Å². The van der Waals surface area contributed by atoms with Gasteiger partial charge in [0.2, 0.25) is 0 Å². The second kappa shape index (κ2) is 8.25. The van der Waals surface area contributed by atoms with Gasteiger partial charge in [-0.05, 0) is 43.2 Å². The maximum atomic E-state index is 13.7. The molecule has 0 saturated carbocycles. The van der Waals surface area contributed by atoms with Crippen LogP contribution in [0.3, 0.4) is 0 Å². The molecule has 1 heterocycles. The van der Waals surface area contributed by atoms with Crippen LogP contribution in [-0.2, 0) is 27.3 Å². The highest BCUT2D eigenvalue weighted by atomic mass is 19.1. The van der Waals surface area contributed by atoms with Crippen molar-refractivity contribution in [3.63, 3.8) is 0 Å². The Hall–Kier alpha value is -3.15. The Morgan fingerprint density at radius 1 is 1.11 bits per heavy atom. The number of rotatable bonds is 6. The zero-order chi connectivity index (χ0) is 20.3. The minimum absolute atomic E-state index is 0.0137. The van der Waals surface area contributed by atoms with E-state index in [1.165, 1.54) is 24.3 Å². The van der Waals surface area contributed by atoms with Crippen molar-refractivity contribution in [1.29, 1.82) is 0 Å². The predicted molar refractivity (Wildman–Crippen MR) is 103 cm³/mol. The van der Waals surface area contributed by atoms with Crippen LogP contribution in [0.15, 0.2) is 47.1 Å². The van der Waals surface area contributed by atoms with E-state index in [1.807, 2.05) is 26.0 Å². The van der Waals surface area contributed by atoms with Gasteiger partial charge in [0.15, 0.2) is 6.61 Å². The highest BCUT2D eigenvalue weighted by Gasteiger charge is 2.16. The number of benzene rings is 2. The van der Waals surface area contributed by atoms with Gasteiger partial charge < -0.3 is 14.1 Å². The lowest BCUT2D eigenvalue weighted by atomic mass is 10.0. The zero-order valence-corrected chi connectivity index (χ0v) is 16.1. The van der Waals surface area contributed by atoms with Crippen molar-refractivity contribution in [2.24, 2.45) is 0 Å². The number of esters is 1. The van der Waals surface area contributed by atoms with Crippen molar-refractivity contribution in [2.75, 3.05) is 13.7 Å². The lowest BCUT2D eigenvalue weighted by Gasteiger charge is -2.17. The van der Waals surface area contributed by atoms with Crippen LogP contribution >= 0.6 is 0 Å². The van der Waals surface area contributed by atoms with Crippen LogP contribution < -0.4 is 0 Å². The quantitative estimate of drug-likeness (QED) is 0.605. The van der Waals surface area contributed by atoms with Crippen LogP contribution in [0, 0.1) is 19.7 Å². The molecule has 0 aliphatic rings. The number of halogens is 1. The normalized spacial score (nSPS) is 10.9. The second-order valence-electron chi connectivity index (χ2n) is 6.87. The maximum Gasteiger partial charge on any atom is 0.310 e. The molecule has 0 unspecified atom stereocenters. The van der Waals surface area contributed by atoms with Crippen molar-refractivity contribution >= 4 is 22.8 Å². The van der Waals surface area contributed by atoms with Gasteiger partial charge in [-0.3, -0.25) is 9.59 Å². The molecule has 0 atom stereocenters. The van der Waals surface area contributed by atoms with E-state index >= 15 is 0 Å². The number of fused-ring (bicyclic) bond motifs is 1. The summed E-state index contributed by atoms with van der Waals surface area (Å²) in [4.78, 5) is 25.6. The molecule has 6 heteroatoms. The Labute approximate surface area is 162 Å². The Morgan fingerprint density at radius 2 is 1.82 bits per heavy atom. The number of aryl methyl sites for hydroxylation is 2. The van der Waals surface area contributed by atoms with Crippen LogP contribution in [0.25, 0.3) is 11.0 Å². The lowest BCUT2D eigenvalue weighted by molar-refractivity contribution is -0.151. The van der Waals surface area contributed by atoms with Crippen LogP contribution in [-0.4, -0.2) is 30.4 Å². The molecule has 0 spiro atoms. The molecular formula is C22H22FNO4. The van der Waals surface area contributed by atoms with Crippen molar-refractivity contribution in [3.05, 3.63) is 70.7 Å². The fourth-order valence-corrected chi connectivity index (χ4v) is 2.90. The number of ether oxygens (including phenoxy) is 1. The van der Waals surface area contributed by atoms with E-state index in [-0.39, 0.29) is 18.8 Å². The maximum absolute atomic E-state index is 13.7. The molecule has 3 aromatic rings. The minimum atomic E-state index is -0.520. The van der Waals surface area contributed by atoms with Crippen LogP contribution in [0.2, 0.25) is 0 Å². The largest absolute Gasteiger partial charge is 0.464 e. The highest BCUT2D eigenvalue weighted by molar-refractivity contribution is 5.87.